The summed E-state index contributed by atoms with van der Waals surface area (Å²) in [5.74, 6) is -7.35. The first kappa shape index (κ1) is 48.7. The van der Waals surface area contributed by atoms with Crippen molar-refractivity contribution in [1.29, 1.82) is 0 Å². The van der Waals surface area contributed by atoms with Crippen molar-refractivity contribution in [3.05, 3.63) is 0 Å². The van der Waals surface area contributed by atoms with E-state index in [0.29, 0.717) is 19.3 Å². The molecule has 3 aliphatic heterocycles. The third-order valence-electron chi connectivity index (χ3n) is 10.9. The summed E-state index contributed by atoms with van der Waals surface area (Å²) in [5, 5.41) is 25.9. The molecular formula is C38H63N9O11S. The maximum Gasteiger partial charge on any atom is 0.246 e. The maximum absolute atomic E-state index is 14.3. The van der Waals surface area contributed by atoms with Gasteiger partial charge in [0, 0.05) is 42.3 Å². The number of hydrogen-bond acceptors (Lipinski definition) is 11. The Morgan fingerprint density at radius 2 is 1.32 bits per heavy atom. The predicted octanol–water partition coefficient (Wildman–Crippen LogP) is -2.97. The molecule has 3 fully saturated rings. The highest BCUT2D eigenvalue weighted by molar-refractivity contribution is 7.84. The van der Waals surface area contributed by atoms with Crippen molar-refractivity contribution >= 4 is 64.0 Å². The van der Waals surface area contributed by atoms with Crippen LogP contribution in [0.1, 0.15) is 92.4 Å². The number of carbonyl (C=O) groups excluding carboxylic acids is 9. The number of nitrogens with zero attached hydrogens (tertiary/aromatic N) is 2. The highest BCUT2D eigenvalue weighted by Gasteiger charge is 2.45. The van der Waals surface area contributed by atoms with Crippen LogP contribution in [0.3, 0.4) is 0 Å². The van der Waals surface area contributed by atoms with Crippen LogP contribution in [0.4, 0.5) is 0 Å². The van der Waals surface area contributed by atoms with Crippen molar-refractivity contribution in [3.8, 4) is 0 Å². The van der Waals surface area contributed by atoms with Crippen molar-refractivity contribution in [2.75, 3.05) is 31.6 Å². The van der Waals surface area contributed by atoms with Gasteiger partial charge in [0.2, 0.25) is 53.2 Å². The molecule has 10 atom stereocenters. The molecule has 0 aromatic carbocycles. The van der Waals surface area contributed by atoms with E-state index in [1.165, 1.54) is 23.0 Å². The number of hydrogen-bond donors (Lipinski definition) is 8. The van der Waals surface area contributed by atoms with E-state index >= 15 is 0 Å². The van der Waals surface area contributed by atoms with Crippen LogP contribution in [0, 0.1) is 11.8 Å². The molecule has 0 aliphatic carbocycles. The number of primary amides is 1. The maximum atomic E-state index is 14.3. The second-order valence-electron chi connectivity index (χ2n) is 16.1. The van der Waals surface area contributed by atoms with Gasteiger partial charge in [0.25, 0.3) is 0 Å². The molecule has 3 heterocycles. The van der Waals surface area contributed by atoms with E-state index in [-0.39, 0.29) is 63.3 Å². The summed E-state index contributed by atoms with van der Waals surface area (Å²) in [6.07, 6.45) is 1.18. The monoisotopic (exact) mass is 853 g/mol. The summed E-state index contributed by atoms with van der Waals surface area (Å²) >= 11 is 0. The SMILES string of the molecule is CC[C@H](C)[C@@H]1NC(=O)[C@@H]2CCCN2C(=O)[C@@H]2CCCN2C(=O)[C@H](CCC(N)=O)NC(=O)[C@H](CCS(C)=O)NC(=O)[C@H](CC(C)C)NC(=O)CNC(=O)[C@H]([C@@H](C)O)NC1=O. The van der Waals surface area contributed by atoms with Gasteiger partial charge in [-0.2, -0.15) is 0 Å². The van der Waals surface area contributed by atoms with Crippen LogP contribution < -0.4 is 37.6 Å². The van der Waals surface area contributed by atoms with E-state index in [2.05, 4.69) is 31.9 Å². The molecule has 59 heavy (non-hydrogen) atoms. The Hall–Kier alpha value is -4.66. The average molecular weight is 854 g/mol. The molecule has 20 nitrogen and oxygen atoms in total. The molecule has 332 valence electrons. The van der Waals surface area contributed by atoms with Crippen molar-refractivity contribution in [2.45, 2.75) is 141 Å². The molecule has 9 N–H and O–H groups in total. The lowest BCUT2D eigenvalue weighted by atomic mass is 9.97. The largest absolute Gasteiger partial charge is 0.391 e. The van der Waals surface area contributed by atoms with Gasteiger partial charge in [-0.05, 0) is 63.7 Å². The molecule has 0 aromatic rings. The fraction of sp³-hybridized carbons (Fsp3) is 0.763. The minimum atomic E-state index is -1.55. The van der Waals surface area contributed by atoms with Crippen LogP contribution in [0.5, 0.6) is 0 Å². The summed E-state index contributed by atoms with van der Waals surface area (Å²) in [5.41, 5.74) is 5.43. The van der Waals surface area contributed by atoms with E-state index in [9.17, 15) is 52.5 Å². The van der Waals surface area contributed by atoms with Gasteiger partial charge in [0.05, 0.1) is 12.6 Å². The smallest absolute Gasteiger partial charge is 0.246 e. The first-order valence-electron chi connectivity index (χ1n) is 20.4. The first-order chi connectivity index (χ1) is 27.7. The van der Waals surface area contributed by atoms with Gasteiger partial charge in [-0.1, -0.05) is 34.1 Å². The van der Waals surface area contributed by atoms with Gasteiger partial charge in [-0.3, -0.25) is 47.4 Å². The third-order valence-corrected chi connectivity index (χ3v) is 11.7. The Morgan fingerprint density at radius 1 is 0.746 bits per heavy atom. The zero-order valence-corrected chi connectivity index (χ0v) is 35.7. The summed E-state index contributed by atoms with van der Waals surface area (Å²) in [6, 6.07) is -8.72. The number of rotatable bonds is 11. The Labute approximate surface area is 347 Å². The van der Waals surface area contributed by atoms with Crippen molar-refractivity contribution in [2.24, 2.45) is 17.6 Å². The summed E-state index contributed by atoms with van der Waals surface area (Å²) in [4.78, 5) is 125. The quantitative estimate of drug-likeness (QED) is 0.104. The highest BCUT2D eigenvalue weighted by Crippen LogP contribution is 2.26. The third kappa shape index (κ3) is 14.0. The number of fused-ring (bicyclic) bond motifs is 2. The number of aliphatic hydroxyl groups excluding tert-OH is 1. The van der Waals surface area contributed by atoms with Crippen LogP contribution in [0.25, 0.3) is 0 Å². The van der Waals surface area contributed by atoms with Crippen LogP contribution in [-0.4, -0.2) is 152 Å². The lowest BCUT2D eigenvalue weighted by molar-refractivity contribution is -0.148. The van der Waals surface area contributed by atoms with Gasteiger partial charge in [0.15, 0.2) is 0 Å². The molecule has 9 amide bonds. The second kappa shape index (κ2) is 22.6. The van der Waals surface area contributed by atoms with E-state index in [1.54, 1.807) is 27.7 Å². The number of amides is 9. The summed E-state index contributed by atoms with van der Waals surface area (Å²) in [6.45, 7) is 8.00. The lowest BCUT2D eigenvalue weighted by Crippen LogP contribution is -2.62. The van der Waals surface area contributed by atoms with Crippen molar-refractivity contribution in [3.63, 3.8) is 0 Å². The molecule has 0 saturated carbocycles. The minimum absolute atomic E-state index is 0.0299. The Kier molecular flexibility index (Phi) is 18.7. The standard InChI is InChI=1S/C38H63N9O11S/c1-7-21(4)30-36(55)45-31(22(5)48)35(54)40-19-29(50)41-25(18-20(2)3)33(52)42-23(14-17-59(6)58)32(51)43-24(12-13-28(39)49)37(56)47-16-9-11-27(47)38(57)46-15-8-10-26(46)34(53)44-30/h20-27,30-31,48H,7-19H2,1-6H3,(H2,39,49)(H,40,54)(H,41,50)(H,42,52)(H,43,51)(H,44,53)(H,45,55)/t21-,22+,23-,24-,25-,26-,27-,30-,31-,59?/m0/s1. The van der Waals surface area contributed by atoms with E-state index in [1.807, 2.05) is 0 Å². The average Bonchev–Trinajstić information content (AvgIpc) is 3.87. The molecule has 3 saturated heterocycles. The normalized spacial score (nSPS) is 28.8. The van der Waals surface area contributed by atoms with Gasteiger partial charge in [0.1, 0.15) is 42.3 Å². The van der Waals surface area contributed by atoms with Gasteiger partial charge in [-0.15, -0.1) is 0 Å². The molecule has 3 aliphatic rings. The van der Waals surface area contributed by atoms with E-state index in [0.717, 1.165) is 0 Å². The van der Waals surface area contributed by atoms with Crippen LogP contribution in [-0.2, 0) is 54.0 Å². The first-order valence-corrected chi connectivity index (χ1v) is 22.1. The Bertz CT molecular complexity index is 1610. The zero-order valence-electron chi connectivity index (χ0n) is 34.9. The molecule has 1 unspecified atom stereocenters. The molecule has 3 rings (SSSR count). The second-order valence-corrected chi connectivity index (χ2v) is 17.7. The van der Waals surface area contributed by atoms with Crippen molar-refractivity contribution in [1.82, 2.24) is 41.7 Å². The van der Waals surface area contributed by atoms with Crippen molar-refractivity contribution < 1.29 is 52.5 Å². The highest BCUT2D eigenvalue weighted by atomic mass is 32.2. The fourth-order valence-electron chi connectivity index (χ4n) is 7.45. The fourth-order valence-corrected chi connectivity index (χ4v) is 8.02. The van der Waals surface area contributed by atoms with Crippen LogP contribution in [0.15, 0.2) is 0 Å². The number of nitrogens with one attached hydrogen (secondary N) is 6. The van der Waals surface area contributed by atoms with E-state index < -0.39 is 125 Å². The molecule has 21 heteroatoms. The van der Waals surface area contributed by atoms with Crippen LogP contribution >= 0.6 is 0 Å². The number of carbonyl (C=O) groups is 9. The van der Waals surface area contributed by atoms with Gasteiger partial charge < -0.3 is 52.5 Å². The predicted molar refractivity (Wildman–Crippen MR) is 215 cm³/mol. The Morgan fingerprint density at radius 3 is 1.90 bits per heavy atom. The molecule has 0 radical (unpaired) electrons. The minimum Gasteiger partial charge on any atom is -0.391 e. The topological polar surface area (TPSA) is 296 Å². The van der Waals surface area contributed by atoms with Gasteiger partial charge in [-0.25, -0.2) is 0 Å². The van der Waals surface area contributed by atoms with E-state index in [4.69, 9.17) is 5.73 Å². The molecular weight excluding hydrogens is 791 g/mol. The lowest BCUT2D eigenvalue weighted by Gasteiger charge is -2.34. The Balaban J connectivity index is 2.08. The molecule has 0 bridgehead atoms. The van der Waals surface area contributed by atoms with Gasteiger partial charge >= 0.3 is 0 Å². The number of nitrogens with two attached hydrogens (primary N) is 1. The van der Waals surface area contributed by atoms with Crippen LogP contribution in [0.2, 0.25) is 0 Å². The summed E-state index contributed by atoms with van der Waals surface area (Å²) in [7, 11) is -1.41. The molecule has 0 spiro atoms. The summed E-state index contributed by atoms with van der Waals surface area (Å²) < 4.78 is 12.1. The number of aliphatic hydroxyl groups is 1. The zero-order chi connectivity index (χ0) is 44.1. The molecule has 0 aromatic heterocycles.